The van der Waals surface area contributed by atoms with Gasteiger partial charge in [-0.05, 0) is 74.9 Å². The van der Waals surface area contributed by atoms with Crippen LogP contribution in [-0.4, -0.2) is 63.3 Å². The highest BCUT2D eigenvalue weighted by Gasteiger charge is 2.45. The van der Waals surface area contributed by atoms with Crippen molar-refractivity contribution in [3.8, 4) is 0 Å². The van der Waals surface area contributed by atoms with Gasteiger partial charge in [-0.3, -0.25) is 38.9 Å². The lowest BCUT2D eigenvalue weighted by Gasteiger charge is -2.33. The van der Waals surface area contributed by atoms with Gasteiger partial charge >= 0.3 is 6.18 Å². The number of anilines is 2. The van der Waals surface area contributed by atoms with Gasteiger partial charge in [0.1, 0.15) is 11.6 Å². The number of nitrogens with one attached hydrogen (secondary N) is 2. The summed E-state index contributed by atoms with van der Waals surface area (Å²) < 4.78 is 41.7. The van der Waals surface area contributed by atoms with Crippen molar-refractivity contribution in [2.75, 3.05) is 23.3 Å². The fourth-order valence-corrected chi connectivity index (χ4v) is 6.31. The number of amides is 5. The van der Waals surface area contributed by atoms with Crippen LogP contribution in [-0.2, 0) is 26.1 Å². The summed E-state index contributed by atoms with van der Waals surface area (Å²) in [5.74, 6) is -2.72. The SMILES string of the molecule is [C-]#[N+]c1ccc(NC(=O)C(C)(C)n2cc(C3CCN(c4ccc5c(c4)C(=O)N(C4CCC(=O)NC4=O)C5=O)CC3)cn2)cc1C(F)(F)F. The molecule has 0 saturated carbocycles. The van der Waals surface area contributed by atoms with Gasteiger partial charge in [-0.2, -0.15) is 18.3 Å². The molecule has 0 bridgehead atoms. The number of alkyl halides is 3. The van der Waals surface area contributed by atoms with Crippen LogP contribution >= 0.6 is 0 Å². The third kappa shape index (κ3) is 5.78. The lowest BCUT2D eigenvalue weighted by Crippen LogP contribution is -2.54. The van der Waals surface area contributed by atoms with Gasteiger partial charge in [-0.25, -0.2) is 4.85 Å². The van der Waals surface area contributed by atoms with E-state index in [1.807, 2.05) is 0 Å². The van der Waals surface area contributed by atoms with Gasteiger partial charge in [-0.15, -0.1) is 0 Å². The van der Waals surface area contributed by atoms with Gasteiger partial charge in [0.05, 0.1) is 29.5 Å². The quantitative estimate of drug-likeness (QED) is 0.291. The maximum absolute atomic E-state index is 13.4. The molecule has 12 nitrogen and oxygen atoms in total. The van der Waals surface area contributed by atoms with Crippen LogP contribution < -0.4 is 15.5 Å². The summed E-state index contributed by atoms with van der Waals surface area (Å²) >= 11 is 0. The summed E-state index contributed by atoms with van der Waals surface area (Å²) in [4.78, 5) is 69.4. The molecule has 0 aliphatic carbocycles. The van der Waals surface area contributed by atoms with Crippen molar-refractivity contribution in [2.24, 2.45) is 0 Å². The lowest BCUT2D eigenvalue weighted by atomic mass is 9.91. The number of aromatic nitrogens is 2. The number of carbonyl (C=O) groups is 5. The van der Waals surface area contributed by atoms with Crippen LogP contribution in [0, 0.1) is 6.57 Å². The van der Waals surface area contributed by atoms with Crippen molar-refractivity contribution >= 4 is 46.6 Å². The lowest BCUT2D eigenvalue weighted by molar-refractivity contribution is -0.137. The van der Waals surface area contributed by atoms with E-state index in [1.165, 1.54) is 10.7 Å². The number of benzene rings is 2. The number of fused-ring (bicyclic) bond motifs is 1. The highest BCUT2D eigenvalue weighted by atomic mass is 19.4. The van der Waals surface area contributed by atoms with E-state index in [1.54, 1.807) is 44.4 Å². The van der Waals surface area contributed by atoms with E-state index in [-0.39, 0.29) is 35.6 Å². The average molecular weight is 662 g/mol. The summed E-state index contributed by atoms with van der Waals surface area (Å²) in [5, 5.41) is 9.10. The molecular formula is C33H30F3N7O5. The monoisotopic (exact) mass is 661 g/mol. The zero-order chi connectivity index (χ0) is 34.5. The average Bonchev–Trinajstić information content (AvgIpc) is 3.65. The predicted octanol–water partition coefficient (Wildman–Crippen LogP) is 4.61. The first-order valence-electron chi connectivity index (χ1n) is 15.2. The van der Waals surface area contributed by atoms with Crippen molar-refractivity contribution in [2.45, 2.75) is 63.2 Å². The molecule has 0 spiro atoms. The van der Waals surface area contributed by atoms with Crippen LogP contribution in [0.2, 0.25) is 0 Å². The van der Waals surface area contributed by atoms with E-state index >= 15 is 0 Å². The molecule has 48 heavy (non-hydrogen) atoms. The topological polar surface area (TPSA) is 138 Å². The second kappa shape index (κ2) is 11.9. The van der Waals surface area contributed by atoms with Gasteiger partial charge < -0.3 is 10.2 Å². The minimum absolute atomic E-state index is 0.0408. The van der Waals surface area contributed by atoms with Crippen LogP contribution in [0.25, 0.3) is 4.85 Å². The number of piperidine rings is 2. The minimum atomic E-state index is -4.75. The van der Waals surface area contributed by atoms with Gasteiger partial charge in [-0.1, -0.05) is 6.07 Å². The third-order valence-electron chi connectivity index (χ3n) is 9.17. The molecule has 3 aliphatic heterocycles. The highest BCUT2D eigenvalue weighted by Crippen LogP contribution is 2.39. The molecule has 6 rings (SSSR count). The van der Waals surface area contributed by atoms with E-state index in [9.17, 15) is 37.1 Å². The molecule has 1 aromatic heterocycles. The summed E-state index contributed by atoms with van der Waals surface area (Å²) in [7, 11) is 0. The molecule has 4 heterocycles. The fraction of sp³-hybridized carbons (Fsp3) is 0.364. The molecule has 3 aliphatic rings. The normalized spacial score (nSPS) is 18.9. The summed E-state index contributed by atoms with van der Waals surface area (Å²) in [5.41, 5.74) is -0.962. The van der Waals surface area contributed by atoms with Crippen LogP contribution in [0.1, 0.15) is 77.3 Å². The maximum atomic E-state index is 13.4. The number of nitrogens with zero attached hydrogens (tertiary/aromatic N) is 5. The molecule has 2 saturated heterocycles. The zero-order valence-corrected chi connectivity index (χ0v) is 25.9. The third-order valence-corrected chi connectivity index (χ3v) is 9.17. The van der Waals surface area contributed by atoms with Crippen molar-refractivity contribution in [1.29, 1.82) is 0 Å². The number of halogens is 3. The van der Waals surface area contributed by atoms with Gasteiger partial charge in [0.25, 0.3) is 17.7 Å². The number of imide groups is 2. The Labute approximate surface area is 272 Å². The molecule has 2 fully saturated rings. The second-order valence-electron chi connectivity index (χ2n) is 12.5. The fourth-order valence-electron chi connectivity index (χ4n) is 6.31. The van der Waals surface area contributed by atoms with Crippen molar-refractivity contribution in [3.05, 3.63) is 82.5 Å². The zero-order valence-electron chi connectivity index (χ0n) is 25.9. The molecule has 15 heteroatoms. The Kier molecular flexibility index (Phi) is 8.06. The Hall–Kier alpha value is -5.52. The molecule has 248 valence electrons. The Morgan fingerprint density at radius 3 is 2.38 bits per heavy atom. The molecular weight excluding hydrogens is 631 g/mol. The van der Waals surface area contributed by atoms with Crippen LogP contribution in [0.4, 0.5) is 30.2 Å². The van der Waals surface area contributed by atoms with Crippen LogP contribution in [0.3, 0.4) is 0 Å². The first-order chi connectivity index (χ1) is 22.7. The van der Waals surface area contributed by atoms with E-state index in [4.69, 9.17) is 6.57 Å². The van der Waals surface area contributed by atoms with Gasteiger partial charge in [0, 0.05) is 37.1 Å². The number of carbonyl (C=O) groups excluding carboxylic acids is 5. The molecule has 2 aromatic carbocycles. The van der Waals surface area contributed by atoms with Crippen LogP contribution in [0.15, 0.2) is 48.8 Å². The largest absolute Gasteiger partial charge is 0.407 e. The minimum Gasteiger partial charge on any atom is -0.371 e. The van der Waals surface area contributed by atoms with Crippen molar-refractivity contribution < 1.29 is 37.1 Å². The molecule has 0 radical (unpaired) electrons. The van der Waals surface area contributed by atoms with Crippen LogP contribution in [0.5, 0.6) is 0 Å². The number of rotatable bonds is 6. The second-order valence-corrected chi connectivity index (χ2v) is 12.5. The predicted molar refractivity (Wildman–Crippen MR) is 165 cm³/mol. The molecule has 5 amide bonds. The van der Waals surface area contributed by atoms with Crippen molar-refractivity contribution in [1.82, 2.24) is 20.0 Å². The Morgan fingerprint density at radius 2 is 1.71 bits per heavy atom. The Balaban J connectivity index is 1.10. The van der Waals surface area contributed by atoms with E-state index < -0.39 is 58.5 Å². The summed E-state index contributed by atoms with van der Waals surface area (Å²) in [6, 6.07) is 6.99. The summed E-state index contributed by atoms with van der Waals surface area (Å²) in [6.45, 7) is 11.4. The van der Waals surface area contributed by atoms with E-state index in [0.29, 0.717) is 13.1 Å². The first-order valence-corrected chi connectivity index (χ1v) is 15.2. The smallest absolute Gasteiger partial charge is 0.371 e. The summed E-state index contributed by atoms with van der Waals surface area (Å²) in [6.07, 6.45) is 0.237. The highest BCUT2D eigenvalue weighted by molar-refractivity contribution is 6.23. The van der Waals surface area contributed by atoms with Gasteiger partial charge in [0.15, 0.2) is 5.69 Å². The standard InChI is InChI=1S/C33H30F3N7O5/c1-32(2,31(48)39-20-4-7-25(37-3)24(14-20)33(34,35)36)42-17-19(16-38-42)18-10-12-41(13-11-18)21-5-6-22-23(15-21)30(47)43(29(22)46)26-8-9-27(44)40-28(26)45/h4-7,14-18,26H,8-13H2,1-2H3,(H,39,48)(H,40,44,45). The molecule has 1 atom stereocenters. The van der Waals surface area contributed by atoms with Gasteiger partial charge in [0.2, 0.25) is 11.8 Å². The molecule has 1 unspecified atom stereocenters. The maximum Gasteiger partial charge on any atom is 0.407 e. The number of hydrogen-bond acceptors (Lipinski definition) is 7. The van der Waals surface area contributed by atoms with E-state index in [2.05, 4.69) is 25.5 Å². The molecule has 2 N–H and O–H groups in total. The Bertz CT molecular complexity index is 1900. The molecule has 3 aromatic rings. The Morgan fingerprint density at radius 1 is 1.00 bits per heavy atom. The van der Waals surface area contributed by atoms with Crippen molar-refractivity contribution in [3.63, 3.8) is 0 Å². The number of hydrogen-bond donors (Lipinski definition) is 2. The van der Waals surface area contributed by atoms with E-state index in [0.717, 1.165) is 41.1 Å². The first kappa shape index (κ1) is 32.4.